The normalized spacial score (nSPS) is 29.9. The Bertz CT molecular complexity index is 359. The van der Waals surface area contributed by atoms with Gasteiger partial charge in [0.2, 0.25) is 0 Å². The van der Waals surface area contributed by atoms with E-state index in [2.05, 4.69) is 52.7 Å². The van der Waals surface area contributed by atoms with Crippen LogP contribution < -0.4 is 0 Å². The van der Waals surface area contributed by atoms with E-state index in [1.807, 2.05) is 0 Å². The Balaban J connectivity index is 2.06. The molecule has 1 aliphatic carbocycles. The van der Waals surface area contributed by atoms with E-state index in [-0.39, 0.29) is 0 Å². The van der Waals surface area contributed by atoms with Crippen LogP contribution in [0.3, 0.4) is 0 Å². The molecule has 1 aromatic rings. The molecule has 0 bridgehead atoms. The second kappa shape index (κ2) is 4.91. The Kier molecular flexibility index (Phi) is 3.73. The quantitative estimate of drug-likeness (QED) is 0.779. The molecule has 1 heterocycles. The van der Waals surface area contributed by atoms with Gasteiger partial charge in [-0.05, 0) is 43.6 Å². The molecule has 2 rings (SSSR count). The fourth-order valence-electron chi connectivity index (χ4n) is 2.69. The summed E-state index contributed by atoms with van der Waals surface area (Å²) in [5, 5.41) is 4.52. The summed E-state index contributed by atoms with van der Waals surface area (Å²) in [7, 11) is 2.07. The summed E-state index contributed by atoms with van der Waals surface area (Å²) in [6.07, 6.45) is 4.90. The average Bonchev–Trinajstić information content (AvgIpc) is 2.77. The summed E-state index contributed by atoms with van der Waals surface area (Å²) < 4.78 is 2.06. The zero-order chi connectivity index (χ0) is 11.7. The highest BCUT2D eigenvalue weighted by molar-refractivity contribution is 9.09. The molecule has 1 aliphatic rings. The monoisotopic (exact) mass is 284 g/mol. The van der Waals surface area contributed by atoms with Crippen LogP contribution in [-0.2, 0) is 19.9 Å². The van der Waals surface area contributed by atoms with Crippen LogP contribution in [0.4, 0.5) is 0 Å². The van der Waals surface area contributed by atoms with Gasteiger partial charge in [-0.25, -0.2) is 0 Å². The standard InChI is InChI=1S/C13H21BrN2/c1-4-11-8-12(16(3)15-11)7-10-5-6-13(14)9(10)2/h8-10,13H,4-7H2,1-3H3. The van der Waals surface area contributed by atoms with E-state index in [9.17, 15) is 0 Å². The lowest BCUT2D eigenvalue weighted by atomic mass is 9.93. The lowest BCUT2D eigenvalue weighted by Gasteiger charge is -2.16. The van der Waals surface area contributed by atoms with Gasteiger partial charge in [-0.15, -0.1) is 0 Å². The highest BCUT2D eigenvalue weighted by atomic mass is 79.9. The molecule has 0 N–H and O–H groups in total. The first-order valence-corrected chi connectivity index (χ1v) is 7.19. The Morgan fingerprint density at radius 2 is 2.25 bits per heavy atom. The van der Waals surface area contributed by atoms with Crippen LogP contribution in [0.5, 0.6) is 0 Å². The molecule has 3 unspecified atom stereocenters. The number of halogens is 1. The topological polar surface area (TPSA) is 17.8 Å². The third-order valence-corrected chi connectivity index (χ3v) is 5.28. The minimum Gasteiger partial charge on any atom is -0.272 e. The predicted molar refractivity (Wildman–Crippen MR) is 70.9 cm³/mol. The number of hydrogen-bond donors (Lipinski definition) is 0. The maximum absolute atomic E-state index is 4.52. The summed E-state index contributed by atoms with van der Waals surface area (Å²) >= 11 is 3.77. The van der Waals surface area contributed by atoms with E-state index in [1.165, 1.54) is 30.7 Å². The maximum atomic E-state index is 4.52. The molecule has 0 aliphatic heterocycles. The number of aromatic nitrogens is 2. The van der Waals surface area contributed by atoms with Gasteiger partial charge in [0.25, 0.3) is 0 Å². The lowest BCUT2D eigenvalue weighted by Crippen LogP contribution is -2.14. The molecule has 0 radical (unpaired) electrons. The van der Waals surface area contributed by atoms with Gasteiger partial charge >= 0.3 is 0 Å². The van der Waals surface area contributed by atoms with E-state index in [1.54, 1.807) is 0 Å². The minimum atomic E-state index is 0.719. The van der Waals surface area contributed by atoms with Crippen LogP contribution in [0.25, 0.3) is 0 Å². The van der Waals surface area contributed by atoms with Crippen molar-refractivity contribution in [3.8, 4) is 0 Å². The highest BCUT2D eigenvalue weighted by Crippen LogP contribution is 2.38. The maximum Gasteiger partial charge on any atom is 0.0624 e. The molecule has 2 nitrogen and oxygen atoms in total. The first-order valence-electron chi connectivity index (χ1n) is 6.27. The van der Waals surface area contributed by atoms with Gasteiger partial charge in [-0.3, -0.25) is 4.68 Å². The van der Waals surface area contributed by atoms with Crippen LogP contribution in [0.2, 0.25) is 0 Å². The molecule has 1 aromatic heterocycles. The molecule has 0 amide bonds. The van der Waals surface area contributed by atoms with Crippen molar-refractivity contribution < 1.29 is 0 Å². The zero-order valence-electron chi connectivity index (χ0n) is 10.4. The van der Waals surface area contributed by atoms with Crippen LogP contribution in [0.1, 0.15) is 38.1 Å². The highest BCUT2D eigenvalue weighted by Gasteiger charge is 2.31. The Hall–Kier alpha value is -0.310. The Morgan fingerprint density at radius 3 is 2.75 bits per heavy atom. The summed E-state index contributed by atoms with van der Waals surface area (Å²) in [6, 6.07) is 2.27. The molecule has 3 atom stereocenters. The Morgan fingerprint density at radius 1 is 1.50 bits per heavy atom. The van der Waals surface area contributed by atoms with Crippen LogP contribution in [-0.4, -0.2) is 14.6 Å². The fraction of sp³-hybridized carbons (Fsp3) is 0.769. The van der Waals surface area contributed by atoms with E-state index in [0.29, 0.717) is 0 Å². The summed E-state index contributed by atoms with van der Waals surface area (Å²) in [4.78, 5) is 0.719. The number of aryl methyl sites for hydroxylation is 2. The third kappa shape index (κ3) is 2.34. The summed E-state index contributed by atoms with van der Waals surface area (Å²) in [5.41, 5.74) is 2.62. The molecule has 3 heteroatoms. The first-order chi connectivity index (χ1) is 7.61. The first kappa shape index (κ1) is 12.2. The van der Waals surface area contributed by atoms with Gasteiger partial charge in [-0.1, -0.05) is 29.8 Å². The molecule has 0 saturated heterocycles. The number of hydrogen-bond acceptors (Lipinski definition) is 1. The zero-order valence-corrected chi connectivity index (χ0v) is 12.0. The summed E-state index contributed by atoms with van der Waals surface area (Å²) in [6.45, 7) is 4.53. The van der Waals surface area contributed by atoms with Gasteiger partial charge in [0.05, 0.1) is 5.69 Å². The summed E-state index contributed by atoms with van der Waals surface area (Å²) in [5.74, 6) is 1.62. The van der Waals surface area contributed by atoms with Crippen molar-refractivity contribution in [1.82, 2.24) is 9.78 Å². The number of alkyl halides is 1. The molecule has 1 fully saturated rings. The second-order valence-electron chi connectivity index (χ2n) is 5.02. The number of rotatable bonds is 3. The van der Waals surface area contributed by atoms with Crippen molar-refractivity contribution in [1.29, 1.82) is 0 Å². The predicted octanol–water partition coefficient (Wildman–Crippen LogP) is 3.33. The minimum absolute atomic E-state index is 0.719. The van der Waals surface area contributed by atoms with E-state index < -0.39 is 0 Å². The number of nitrogens with zero attached hydrogens (tertiary/aromatic N) is 2. The van der Waals surface area contributed by atoms with Gasteiger partial charge in [0.1, 0.15) is 0 Å². The second-order valence-corrected chi connectivity index (χ2v) is 6.20. The molecule has 16 heavy (non-hydrogen) atoms. The smallest absolute Gasteiger partial charge is 0.0624 e. The van der Waals surface area contributed by atoms with Crippen molar-refractivity contribution in [2.45, 2.75) is 44.4 Å². The van der Waals surface area contributed by atoms with Crippen molar-refractivity contribution >= 4 is 15.9 Å². The van der Waals surface area contributed by atoms with Gasteiger partial charge < -0.3 is 0 Å². The molecular weight excluding hydrogens is 264 g/mol. The van der Waals surface area contributed by atoms with E-state index in [4.69, 9.17) is 0 Å². The third-order valence-electron chi connectivity index (χ3n) is 3.99. The average molecular weight is 285 g/mol. The Labute approximate surface area is 107 Å². The largest absolute Gasteiger partial charge is 0.272 e. The lowest BCUT2D eigenvalue weighted by molar-refractivity contribution is 0.413. The van der Waals surface area contributed by atoms with Gasteiger partial charge in [0, 0.05) is 17.6 Å². The van der Waals surface area contributed by atoms with E-state index in [0.717, 1.165) is 23.1 Å². The molecule has 0 spiro atoms. The van der Waals surface area contributed by atoms with Crippen molar-refractivity contribution in [3.05, 3.63) is 17.5 Å². The molecular formula is C13H21BrN2. The van der Waals surface area contributed by atoms with Crippen molar-refractivity contribution in [2.24, 2.45) is 18.9 Å². The van der Waals surface area contributed by atoms with Crippen LogP contribution in [0, 0.1) is 11.8 Å². The molecule has 1 saturated carbocycles. The molecule has 0 aromatic carbocycles. The van der Waals surface area contributed by atoms with Crippen LogP contribution in [0.15, 0.2) is 6.07 Å². The van der Waals surface area contributed by atoms with Crippen molar-refractivity contribution in [3.63, 3.8) is 0 Å². The fourth-order valence-corrected chi connectivity index (χ4v) is 3.38. The molecule has 90 valence electrons. The van der Waals surface area contributed by atoms with Crippen molar-refractivity contribution in [2.75, 3.05) is 0 Å². The SMILES string of the molecule is CCc1cc(CC2CCC(Br)C2C)n(C)n1. The van der Waals surface area contributed by atoms with E-state index >= 15 is 0 Å². The van der Waals surface area contributed by atoms with Gasteiger partial charge in [0.15, 0.2) is 0 Å². The van der Waals surface area contributed by atoms with Gasteiger partial charge in [-0.2, -0.15) is 5.10 Å². The van der Waals surface area contributed by atoms with Crippen LogP contribution >= 0.6 is 15.9 Å².